The van der Waals surface area contributed by atoms with Crippen molar-refractivity contribution in [2.24, 2.45) is 0 Å². The molecule has 0 atom stereocenters. The van der Waals surface area contributed by atoms with Gasteiger partial charge in [-0.15, -0.1) is 21.8 Å². The van der Waals surface area contributed by atoms with Crippen molar-refractivity contribution in [1.82, 2.24) is 31.1 Å². The number of hydrazine groups is 1. The number of carbonyl (C=O) groups excluding carboxylic acids is 2. The second kappa shape index (κ2) is 7.25. The van der Waals surface area contributed by atoms with E-state index in [1.807, 2.05) is 5.43 Å². The topological polar surface area (TPSA) is 102 Å². The Morgan fingerprint density at radius 2 is 1.92 bits per heavy atom. The normalized spacial score (nSPS) is 11.2. The standard InChI is InChI=1S/C12H10ClF3N6O2/c13-5-9(23)17-18-10(24)6-22-20-11(19-21-22)7-2-1-3-8(4-7)12(14,15)16/h1-4H,5-6H2,(H,17,23)(H,18,24). The SMILES string of the molecule is O=C(CCl)NNC(=O)Cn1nnc(-c2cccc(C(F)(F)F)c2)n1. The summed E-state index contributed by atoms with van der Waals surface area (Å²) in [5, 5.41) is 11.0. The van der Waals surface area contributed by atoms with Crippen LogP contribution in [0.15, 0.2) is 24.3 Å². The molecule has 1 aromatic heterocycles. The molecule has 1 heterocycles. The number of carbonyl (C=O) groups is 2. The van der Waals surface area contributed by atoms with Crippen molar-refractivity contribution in [3.63, 3.8) is 0 Å². The lowest BCUT2D eigenvalue weighted by Gasteiger charge is -2.06. The summed E-state index contributed by atoms with van der Waals surface area (Å²) >= 11 is 5.23. The number of nitrogens with one attached hydrogen (secondary N) is 2. The zero-order chi connectivity index (χ0) is 17.7. The summed E-state index contributed by atoms with van der Waals surface area (Å²) in [6, 6.07) is 4.40. The van der Waals surface area contributed by atoms with Crippen LogP contribution in [0.4, 0.5) is 13.2 Å². The molecule has 0 unspecified atom stereocenters. The lowest BCUT2D eigenvalue weighted by molar-refractivity contribution is -0.137. The van der Waals surface area contributed by atoms with E-state index >= 15 is 0 Å². The van der Waals surface area contributed by atoms with Gasteiger partial charge in [0.1, 0.15) is 12.4 Å². The Morgan fingerprint density at radius 1 is 1.21 bits per heavy atom. The van der Waals surface area contributed by atoms with Gasteiger partial charge in [0.2, 0.25) is 5.82 Å². The fourth-order valence-electron chi connectivity index (χ4n) is 1.60. The van der Waals surface area contributed by atoms with Gasteiger partial charge in [0, 0.05) is 5.56 Å². The minimum atomic E-state index is -4.49. The largest absolute Gasteiger partial charge is 0.416 e. The molecule has 0 aliphatic carbocycles. The fourth-order valence-corrected chi connectivity index (χ4v) is 1.67. The van der Waals surface area contributed by atoms with Gasteiger partial charge < -0.3 is 0 Å². The maximum Gasteiger partial charge on any atom is 0.416 e. The van der Waals surface area contributed by atoms with Crippen LogP contribution in [0, 0.1) is 0 Å². The lowest BCUT2D eigenvalue weighted by Crippen LogP contribution is -2.43. The molecule has 0 radical (unpaired) electrons. The zero-order valence-corrected chi connectivity index (χ0v) is 12.6. The van der Waals surface area contributed by atoms with Crippen LogP contribution in [0.3, 0.4) is 0 Å². The van der Waals surface area contributed by atoms with Crippen molar-refractivity contribution in [3.05, 3.63) is 29.8 Å². The Labute approximate surface area is 137 Å². The van der Waals surface area contributed by atoms with Gasteiger partial charge in [-0.1, -0.05) is 12.1 Å². The minimum absolute atomic E-state index is 0.0707. The third kappa shape index (κ3) is 4.65. The maximum atomic E-state index is 12.7. The smallest absolute Gasteiger partial charge is 0.272 e. The van der Waals surface area contributed by atoms with Crippen LogP contribution in [0.2, 0.25) is 0 Å². The summed E-state index contributed by atoms with van der Waals surface area (Å²) in [5.41, 5.74) is 3.34. The fraction of sp³-hybridized carbons (Fsp3) is 0.250. The van der Waals surface area contributed by atoms with Crippen molar-refractivity contribution in [1.29, 1.82) is 0 Å². The molecule has 2 N–H and O–H groups in total. The number of tetrazole rings is 1. The van der Waals surface area contributed by atoms with Gasteiger partial charge in [0.25, 0.3) is 11.8 Å². The van der Waals surface area contributed by atoms with Crippen molar-refractivity contribution in [2.45, 2.75) is 12.7 Å². The van der Waals surface area contributed by atoms with Crippen molar-refractivity contribution >= 4 is 23.4 Å². The molecular weight excluding hydrogens is 353 g/mol. The molecule has 0 bridgehead atoms. The molecule has 2 rings (SSSR count). The molecule has 0 fully saturated rings. The van der Waals surface area contributed by atoms with Gasteiger partial charge in [-0.2, -0.15) is 18.0 Å². The Hall–Kier alpha value is -2.69. The highest BCUT2D eigenvalue weighted by molar-refractivity contribution is 6.27. The predicted octanol–water partition coefficient (Wildman–Crippen LogP) is 0.745. The second-order valence-corrected chi connectivity index (χ2v) is 4.72. The first kappa shape index (κ1) is 17.7. The number of rotatable bonds is 4. The third-order valence-electron chi connectivity index (χ3n) is 2.65. The second-order valence-electron chi connectivity index (χ2n) is 4.45. The average molecular weight is 363 g/mol. The van der Waals surface area contributed by atoms with E-state index in [9.17, 15) is 22.8 Å². The highest BCUT2D eigenvalue weighted by Crippen LogP contribution is 2.31. The van der Waals surface area contributed by atoms with Crippen molar-refractivity contribution in [3.8, 4) is 11.4 Å². The number of alkyl halides is 4. The molecule has 2 aromatic rings. The molecule has 128 valence electrons. The monoisotopic (exact) mass is 362 g/mol. The van der Waals surface area contributed by atoms with Gasteiger partial charge in [-0.25, -0.2) is 0 Å². The molecule has 8 nitrogen and oxygen atoms in total. The van der Waals surface area contributed by atoms with Crippen LogP contribution >= 0.6 is 11.6 Å². The molecule has 1 aromatic carbocycles. The Bertz CT molecular complexity index is 748. The number of hydrogen-bond donors (Lipinski definition) is 2. The van der Waals surface area contributed by atoms with E-state index in [1.165, 1.54) is 12.1 Å². The molecule has 0 aliphatic heterocycles. The minimum Gasteiger partial charge on any atom is -0.272 e. The number of halogens is 4. The van der Waals surface area contributed by atoms with E-state index in [-0.39, 0.29) is 17.3 Å². The average Bonchev–Trinajstić information content (AvgIpc) is 3.00. The lowest BCUT2D eigenvalue weighted by atomic mass is 10.1. The van der Waals surface area contributed by atoms with E-state index in [1.54, 1.807) is 0 Å². The molecule has 12 heteroatoms. The van der Waals surface area contributed by atoms with Crippen LogP contribution in [0.1, 0.15) is 5.56 Å². The molecule has 24 heavy (non-hydrogen) atoms. The number of aromatic nitrogens is 4. The molecule has 2 amide bonds. The number of hydrogen-bond acceptors (Lipinski definition) is 5. The van der Waals surface area contributed by atoms with Gasteiger partial charge in [-0.3, -0.25) is 20.4 Å². The molecule has 0 spiro atoms. The number of benzene rings is 1. The summed E-state index contributed by atoms with van der Waals surface area (Å²) < 4.78 is 38.0. The first-order valence-corrected chi connectivity index (χ1v) is 6.92. The highest BCUT2D eigenvalue weighted by atomic mass is 35.5. The number of amides is 2. The summed E-state index contributed by atoms with van der Waals surface area (Å²) in [5.74, 6) is -1.68. The van der Waals surface area contributed by atoms with Crippen LogP contribution in [0.5, 0.6) is 0 Å². The van der Waals surface area contributed by atoms with Gasteiger partial charge in [0.05, 0.1) is 5.56 Å². The highest BCUT2D eigenvalue weighted by Gasteiger charge is 2.30. The van der Waals surface area contributed by atoms with Gasteiger partial charge in [-0.05, 0) is 17.3 Å². The van der Waals surface area contributed by atoms with Crippen LogP contribution in [-0.2, 0) is 22.3 Å². The zero-order valence-electron chi connectivity index (χ0n) is 11.8. The van der Waals surface area contributed by atoms with Crippen molar-refractivity contribution < 1.29 is 22.8 Å². The number of nitrogens with zero attached hydrogens (tertiary/aromatic N) is 4. The molecule has 0 saturated carbocycles. The Balaban J connectivity index is 2.06. The maximum absolute atomic E-state index is 12.7. The molecule has 0 saturated heterocycles. The summed E-state index contributed by atoms with van der Waals surface area (Å²) in [6.07, 6.45) is -4.49. The van der Waals surface area contributed by atoms with Crippen LogP contribution in [0.25, 0.3) is 11.4 Å². The van der Waals surface area contributed by atoms with E-state index < -0.39 is 30.1 Å². The molecule has 0 aliphatic rings. The van der Waals surface area contributed by atoms with E-state index in [2.05, 4.69) is 20.8 Å². The first-order chi connectivity index (χ1) is 11.3. The molecular formula is C12H10ClF3N6O2. The predicted molar refractivity (Wildman–Crippen MR) is 75.3 cm³/mol. The quantitative estimate of drug-likeness (QED) is 0.617. The summed E-state index contributed by atoms with van der Waals surface area (Å²) in [7, 11) is 0. The van der Waals surface area contributed by atoms with E-state index in [4.69, 9.17) is 11.6 Å². The van der Waals surface area contributed by atoms with Gasteiger partial charge in [0.15, 0.2) is 0 Å². The van der Waals surface area contributed by atoms with Gasteiger partial charge >= 0.3 is 6.18 Å². The van der Waals surface area contributed by atoms with E-state index in [0.717, 1.165) is 16.9 Å². The van der Waals surface area contributed by atoms with Crippen molar-refractivity contribution in [2.75, 3.05) is 5.88 Å². The summed E-state index contributed by atoms with van der Waals surface area (Å²) in [6.45, 7) is -0.394. The van der Waals surface area contributed by atoms with Crippen LogP contribution < -0.4 is 10.9 Å². The first-order valence-electron chi connectivity index (χ1n) is 6.38. The Morgan fingerprint density at radius 3 is 2.58 bits per heavy atom. The van der Waals surface area contributed by atoms with E-state index in [0.29, 0.717) is 0 Å². The third-order valence-corrected chi connectivity index (χ3v) is 2.89. The van der Waals surface area contributed by atoms with Crippen LogP contribution in [-0.4, -0.2) is 37.9 Å². The summed E-state index contributed by atoms with van der Waals surface area (Å²) in [4.78, 5) is 23.3. The Kier molecular flexibility index (Phi) is 5.34.